The number of anilines is 1. The fourth-order valence-electron chi connectivity index (χ4n) is 4.91. The number of halogens is 2. The molecule has 0 heterocycles. The lowest BCUT2D eigenvalue weighted by Gasteiger charge is -2.35. The number of carbonyl (C=O) groups excluding carboxylic acids is 2. The Balaban J connectivity index is 1.87. The molecule has 11 heteroatoms. The van der Waals surface area contributed by atoms with Gasteiger partial charge in [0.25, 0.3) is 10.0 Å². The minimum absolute atomic E-state index is 0.0335. The molecule has 8 nitrogen and oxygen atoms in total. The van der Waals surface area contributed by atoms with E-state index in [9.17, 15) is 18.0 Å². The fourth-order valence-corrected chi connectivity index (χ4v) is 6.71. The van der Waals surface area contributed by atoms with Gasteiger partial charge in [-0.25, -0.2) is 8.42 Å². The predicted molar refractivity (Wildman–Crippen MR) is 183 cm³/mol. The van der Waals surface area contributed by atoms with Gasteiger partial charge >= 0.3 is 0 Å². The van der Waals surface area contributed by atoms with E-state index in [1.165, 1.54) is 36.3 Å². The van der Waals surface area contributed by atoms with Crippen LogP contribution in [0.2, 0.25) is 10.0 Å². The molecule has 4 aromatic rings. The lowest BCUT2D eigenvalue weighted by atomic mass is 10.0. The molecule has 0 aliphatic heterocycles. The summed E-state index contributed by atoms with van der Waals surface area (Å²) in [5.74, 6) is -0.832. The van der Waals surface area contributed by atoms with Gasteiger partial charge in [-0.15, -0.1) is 0 Å². The van der Waals surface area contributed by atoms with Gasteiger partial charge in [0.05, 0.1) is 17.7 Å². The van der Waals surface area contributed by atoms with Crippen molar-refractivity contribution in [1.29, 1.82) is 0 Å². The van der Waals surface area contributed by atoms with Crippen molar-refractivity contribution in [2.45, 2.75) is 50.2 Å². The predicted octanol–water partition coefficient (Wildman–Crippen LogP) is 6.75. The van der Waals surface area contributed by atoms with Crippen molar-refractivity contribution >= 4 is 50.7 Å². The van der Waals surface area contributed by atoms with Gasteiger partial charge in [0, 0.05) is 28.5 Å². The zero-order valence-electron chi connectivity index (χ0n) is 26.1. The molecular formula is C35H37Cl2N3O5S. The molecular weight excluding hydrogens is 645 g/mol. The van der Waals surface area contributed by atoms with Gasteiger partial charge in [0.2, 0.25) is 11.8 Å². The van der Waals surface area contributed by atoms with Crippen LogP contribution in [-0.4, -0.2) is 50.4 Å². The Hall–Kier alpha value is -4.05. The molecule has 4 rings (SSSR count). The molecule has 0 saturated heterocycles. The summed E-state index contributed by atoms with van der Waals surface area (Å²) in [6.45, 7) is 4.84. The molecule has 0 aliphatic rings. The summed E-state index contributed by atoms with van der Waals surface area (Å²) in [6, 6.07) is 27.6. The molecule has 46 heavy (non-hydrogen) atoms. The molecule has 0 aliphatic carbocycles. The van der Waals surface area contributed by atoms with Crippen molar-refractivity contribution < 1.29 is 22.7 Å². The molecule has 2 amide bonds. The monoisotopic (exact) mass is 681 g/mol. The number of hydrogen-bond acceptors (Lipinski definition) is 5. The smallest absolute Gasteiger partial charge is 0.264 e. The van der Waals surface area contributed by atoms with E-state index in [1.807, 2.05) is 51.1 Å². The molecule has 242 valence electrons. The van der Waals surface area contributed by atoms with Crippen LogP contribution in [-0.2, 0) is 32.6 Å². The van der Waals surface area contributed by atoms with Crippen LogP contribution < -0.4 is 14.4 Å². The third kappa shape index (κ3) is 8.81. The molecule has 1 N–H and O–H groups in total. The molecule has 1 atom stereocenters. The summed E-state index contributed by atoms with van der Waals surface area (Å²) in [4.78, 5) is 30.0. The van der Waals surface area contributed by atoms with Crippen LogP contribution in [0.4, 0.5) is 5.69 Å². The molecule has 0 spiro atoms. The normalized spacial score (nSPS) is 12.2. The summed E-state index contributed by atoms with van der Waals surface area (Å²) in [6.07, 6.45) is 0.171. The van der Waals surface area contributed by atoms with Crippen LogP contribution in [0.25, 0.3) is 0 Å². The number of benzene rings is 4. The standard InChI is InChI=1S/C35H37Cl2N3O5S/c1-35(2,3)38-34(42)31(21-25-13-7-5-8-14-25)39(23-26-15-11-12-18-29(26)37)33(41)24-40(30-22-27(36)19-20-32(30)45-4)46(43,44)28-16-9-6-10-17-28/h5-20,22,31H,21,23-24H2,1-4H3,(H,38,42). The number of rotatable bonds is 12. The number of amides is 2. The Bertz CT molecular complexity index is 1760. The first-order valence-corrected chi connectivity index (χ1v) is 16.8. The zero-order valence-corrected chi connectivity index (χ0v) is 28.4. The van der Waals surface area contributed by atoms with Crippen LogP contribution in [0, 0.1) is 0 Å². The first-order chi connectivity index (χ1) is 21.8. The topological polar surface area (TPSA) is 96.0 Å². The quantitative estimate of drug-likeness (QED) is 0.178. The van der Waals surface area contributed by atoms with E-state index in [2.05, 4.69) is 5.32 Å². The minimum atomic E-state index is -4.33. The lowest BCUT2D eigenvalue weighted by Crippen LogP contribution is -2.56. The number of carbonyl (C=O) groups is 2. The van der Waals surface area contributed by atoms with Crippen LogP contribution in [0.3, 0.4) is 0 Å². The van der Waals surface area contributed by atoms with E-state index in [0.29, 0.717) is 10.6 Å². The van der Waals surface area contributed by atoms with Crippen molar-refractivity contribution in [3.05, 3.63) is 124 Å². The van der Waals surface area contributed by atoms with Gasteiger partial charge in [0.1, 0.15) is 18.3 Å². The Labute approximate surface area is 280 Å². The fraction of sp³-hybridized carbons (Fsp3) is 0.257. The van der Waals surface area contributed by atoms with Gasteiger partial charge in [0.15, 0.2) is 0 Å². The van der Waals surface area contributed by atoms with Crippen molar-refractivity contribution in [2.75, 3.05) is 18.0 Å². The molecule has 4 aromatic carbocycles. The third-order valence-corrected chi connectivity index (χ3v) is 9.47. The number of nitrogens with one attached hydrogen (secondary N) is 1. The van der Waals surface area contributed by atoms with Crippen molar-refractivity contribution in [1.82, 2.24) is 10.2 Å². The van der Waals surface area contributed by atoms with Gasteiger partial charge in [-0.1, -0.05) is 89.9 Å². The number of ether oxygens (including phenoxy) is 1. The van der Waals surface area contributed by atoms with Crippen molar-refractivity contribution in [3.63, 3.8) is 0 Å². The van der Waals surface area contributed by atoms with Crippen LogP contribution in [0.1, 0.15) is 31.9 Å². The Morgan fingerprint density at radius 3 is 2.09 bits per heavy atom. The third-order valence-electron chi connectivity index (χ3n) is 7.09. The summed E-state index contributed by atoms with van der Waals surface area (Å²) >= 11 is 12.9. The van der Waals surface area contributed by atoms with Crippen LogP contribution in [0.15, 0.2) is 108 Å². The molecule has 0 radical (unpaired) electrons. The second kappa shape index (κ2) is 15.0. The maximum atomic E-state index is 14.6. The highest BCUT2D eigenvalue weighted by molar-refractivity contribution is 7.92. The second-order valence-electron chi connectivity index (χ2n) is 11.7. The average molecular weight is 683 g/mol. The number of nitrogens with zero attached hydrogens (tertiary/aromatic N) is 2. The summed E-state index contributed by atoms with van der Waals surface area (Å²) in [5.41, 5.74) is 0.876. The van der Waals surface area contributed by atoms with E-state index in [1.54, 1.807) is 48.5 Å². The molecule has 0 bridgehead atoms. The molecule has 1 unspecified atom stereocenters. The van der Waals surface area contributed by atoms with Crippen molar-refractivity contribution in [2.24, 2.45) is 0 Å². The minimum Gasteiger partial charge on any atom is -0.495 e. The number of sulfonamides is 1. The summed E-state index contributed by atoms with van der Waals surface area (Å²) < 4.78 is 34.9. The first-order valence-electron chi connectivity index (χ1n) is 14.6. The summed E-state index contributed by atoms with van der Waals surface area (Å²) in [5, 5.41) is 3.66. The Kier molecular flexibility index (Phi) is 11.4. The van der Waals surface area contributed by atoms with Gasteiger partial charge < -0.3 is 15.0 Å². The number of hydrogen-bond donors (Lipinski definition) is 1. The lowest BCUT2D eigenvalue weighted by molar-refractivity contribution is -0.140. The Morgan fingerprint density at radius 2 is 1.48 bits per heavy atom. The highest BCUT2D eigenvalue weighted by Crippen LogP contribution is 2.35. The van der Waals surface area contributed by atoms with E-state index >= 15 is 0 Å². The number of methoxy groups -OCH3 is 1. The van der Waals surface area contributed by atoms with E-state index in [4.69, 9.17) is 27.9 Å². The SMILES string of the molecule is COc1ccc(Cl)cc1N(CC(=O)N(Cc1ccccc1Cl)C(Cc1ccccc1)C(=O)NC(C)(C)C)S(=O)(=O)c1ccccc1. The van der Waals surface area contributed by atoms with Gasteiger partial charge in [-0.05, 0) is 68.3 Å². The van der Waals surface area contributed by atoms with Crippen LogP contribution in [0.5, 0.6) is 5.75 Å². The summed E-state index contributed by atoms with van der Waals surface area (Å²) in [7, 11) is -2.93. The Morgan fingerprint density at radius 1 is 0.870 bits per heavy atom. The largest absolute Gasteiger partial charge is 0.495 e. The maximum absolute atomic E-state index is 14.6. The van der Waals surface area contributed by atoms with E-state index < -0.39 is 40.0 Å². The van der Waals surface area contributed by atoms with E-state index in [-0.39, 0.29) is 34.3 Å². The van der Waals surface area contributed by atoms with E-state index in [0.717, 1.165) is 9.87 Å². The highest BCUT2D eigenvalue weighted by atomic mass is 35.5. The van der Waals surface area contributed by atoms with Gasteiger partial charge in [-0.2, -0.15) is 0 Å². The molecule has 0 saturated carbocycles. The van der Waals surface area contributed by atoms with Crippen molar-refractivity contribution in [3.8, 4) is 5.75 Å². The van der Waals surface area contributed by atoms with Gasteiger partial charge in [-0.3, -0.25) is 13.9 Å². The molecule has 0 fully saturated rings. The molecule has 0 aromatic heterocycles. The van der Waals surface area contributed by atoms with Crippen LogP contribution >= 0.6 is 23.2 Å². The maximum Gasteiger partial charge on any atom is 0.264 e. The average Bonchev–Trinajstić information content (AvgIpc) is 3.02. The highest BCUT2D eigenvalue weighted by Gasteiger charge is 2.36. The zero-order chi connectivity index (χ0) is 33.5. The first kappa shape index (κ1) is 34.8. The second-order valence-corrected chi connectivity index (χ2v) is 14.4.